The molecule has 1 atom stereocenters. The van der Waals surface area contributed by atoms with Crippen LogP contribution in [0.4, 0.5) is 0 Å². The normalized spacial score (nSPS) is 13.1. The summed E-state index contributed by atoms with van der Waals surface area (Å²) in [5.74, 6) is 2.38. The van der Waals surface area contributed by atoms with Gasteiger partial charge in [0.2, 0.25) is 10.0 Å². The Labute approximate surface area is 131 Å². The van der Waals surface area contributed by atoms with Crippen LogP contribution in [0.15, 0.2) is 29.2 Å². The number of sulfonamides is 1. The Kier molecular flexibility index (Phi) is 8.10. The van der Waals surface area contributed by atoms with Crippen LogP contribution in [-0.2, 0) is 10.0 Å². The molecule has 1 aromatic carbocycles. The number of benzene rings is 1. The van der Waals surface area contributed by atoms with Crippen LogP contribution in [0.1, 0.15) is 20.3 Å². The molecule has 3 N–H and O–H groups in total. The fourth-order valence-corrected chi connectivity index (χ4v) is 3.67. The number of thioether (sulfide) groups is 1. The van der Waals surface area contributed by atoms with Gasteiger partial charge in [0, 0.05) is 11.8 Å². The van der Waals surface area contributed by atoms with Crippen LogP contribution >= 0.6 is 11.8 Å². The minimum Gasteiger partial charge on any atom is -0.494 e. The third-order valence-corrected chi connectivity index (χ3v) is 5.43. The molecule has 0 fully saturated rings. The molecule has 5 nitrogen and oxygen atoms in total. The van der Waals surface area contributed by atoms with Crippen molar-refractivity contribution < 1.29 is 13.2 Å². The molecule has 1 unspecified atom stereocenters. The summed E-state index contributed by atoms with van der Waals surface area (Å²) < 4.78 is 32.5. The van der Waals surface area contributed by atoms with Crippen molar-refractivity contribution in [3.8, 4) is 5.75 Å². The van der Waals surface area contributed by atoms with Crippen LogP contribution in [0.25, 0.3) is 0 Å². The van der Waals surface area contributed by atoms with Crippen molar-refractivity contribution in [2.45, 2.75) is 31.2 Å². The minimum atomic E-state index is -3.47. The van der Waals surface area contributed by atoms with Crippen LogP contribution < -0.4 is 15.2 Å². The lowest BCUT2D eigenvalue weighted by Gasteiger charge is -2.14. The van der Waals surface area contributed by atoms with Crippen LogP contribution in [0.2, 0.25) is 0 Å². The summed E-state index contributed by atoms with van der Waals surface area (Å²) in [5.41, 5.74) is 5.39. The minimum absolute atomic E-state index is 0.0968. The van der Waals surface area contributed by atoms with Crippen LogP contribution in [-0.4, -0.2) is 39.1 Å². The zero-order valence-electron chi connectivity index (χ0n) is 12.5. The predicted molar refractivity (Wildman–Crippen MR) is 88.4 cm³/mol. The second-order valence-corrected chi connectivity index (χ2v) is 7.68. The highest BCUT2D eigenvalue weighted by Gasteiger charge is 2.17. The van der Waals surface area contributed by atoms with Crippen molar-refractivity contribution >= 4 is 21.8 Å². The maximum absolute atomic E-state index is 12.2. The first-order chi connectivity index (χ1) is 9.99. The molecule has 0 aliphatic carbocycles. The first-order valence-corrected chi connectivity index (χ1v) is 9.66. The third kappa shape index (κ3) is 6.69. The summed E-state index contributed by atoms with van der Waals surface area (Å²) in [7, 11) is -3.47. The molecule has 0 amide bonds. The molecule has 0 saturated heterocycles. The Morgan fingerprint density at radius 1 is 1.33 bits per heavy atom. The number of hydrogen-bond acceptors (Lipinski definition) is 5. The molecule has 0 saturated carbocycles. The van der Waals surface area contributed by atoms with E-state index in [0.29, 0.717) is 18.9 Å². The fraction of sp³-hybridized carbons (Fsp3) is 0.571. The molecular formula is C14H24N2O3S2. The van der Waals surface area contributed by atoms with E-state index in [2.05, 4.69) is 11.6 Å². The van der Waals surface area contributed by atoms with E-state index in [1.54, 1.807) is 36.0 Å². The number of rotatable bonds is 10. The smallest absolute Gasteiger partial charge is 0.240 e. The standard InChI is InChI=1S/C14H24N2O3S2/c1-3-20-11-12(2)16-21(17,18)14-7-5-13(6-8-14)19-10-4-9-15/h5-8,12,16H,3-4,9-11,15H2,1-2H3. The van der Waals surface area contributed by atoms with Crippen LogP contribution in [0, 0.1) is 0 Å². The van der Waals surface area contributed by atoms with Gasteiger partial charge in [-0.1, -0.05) is 6.92 Å². The van der Waals surface area contributed by atoms with Crippen LogP contribution in [0.5, 0.6) is 5.75 Å². The molecule has 21 heavy (non-hydrogen) atoms. The van der Waals surface area contributed by atoms with Crippen molar-refractivity contribution in [3.05, 3.63) is 24.3 Å². The molecular weight excluding hydrogens is 308 g/mol. The van der Waals surface area contributed by atoms with Gasteiger partial charge >= 0.3 is 0 Å². The van der Waals surface area contributed by atoms with E-state index in [1.807, 2.05) is 6.92 Å². The van der Waals surface area contributed by atoms with Gasteiger partial charge in [-0.05, 0) is 49.9 Å². The van der Waals surface area contributed by atoms with E-state index >= 15 is 0 Å². The van der Waals surface area contributed by atoms with Crippen molar-refractivity contribution in [1.29, 1.82) is 0 Å². The second kappa shape index (κ2) is 9.30. The number of ether oxygens (including phenoxy) is 1. The summed E-state index contributed by atoms with van der Waals surface area (Å²) in [6.45, 7) is 5.02. The number of nitrogens with two attached hydrogens (primary N) is 1. The highest BCUT2D eigenvalue weighted by atomic mass is 32.2. The van der Waals surface area contributed by atoms with Gasteiger partial charge in [0.15, 0.2) is 0 Å². The Morgan fingerprint density at radius 2 is 2.00 bits per heavy atom. The van der Waals surface area contributed by atoms with Crippen molar-refractivity contribution in [2.24, 2.45) is 5.73 Å². The fourth-order valence-electron chi connectivity index (χ4n) is 1.65. The topological polar surface area (TPSA) is 81.4 Å². The van der Waals surface area contributed by atoms with E-state index in [0.717, 1.165) is 17.9 Å². The Bertz CT molecular complexity index is 503. The van der Waals surface area contributed by atoms with Gasteiger partial charge in [0.05, 0.1) is 11.5 Å². The Balaban J connectivity index is 2.62. The molecule has 0 aliphatic rings. The van der Waals surface area contributed by atoms with Gasteiger partial charge in [0.25, 0.3) is 0 Å². The lowest BCUT2D eigenvalue weighted by molar-refractivity contribution is 0.313. The SMILES string of the molecule is CCSCC(C)NS(=O)(=O)c1ccc(OCCCN)cc1. The molecule has 0 spiro atoms. The average molecular weight is 332 g/mol. The van der Waals surface area contributed by atoms with Gasteiger partial charge in [0.1, 0.15) is 5.75 Å². The molecule has 0 aromatic heterocycles. The van der Waals surface area contributed by atoms with Gasteiger partial charge in [-0.15, -0.1) is 0 Å². The molecule has 0 aliphatic heterocycles. The third-order valence-electron chi connectivity index (χ3n) is 2.68. The summed E-state index contributed by atoms with van der Waals surface area (Å²) >= 11 is 1.71. The van der Waals surface area contributed by atoms with E-state index < -0.39 is 10.0 Å². The molecule has 120 valence electrons. The summed E-state index contributed by atoms with van der Waals surface area (Å²) in [5, 5.41) is 0. The largest absolute Gasteiger partial charge is 0.494 e. The van der Waals surface area contributed by atoms with Crippen molar-refractivity contribution in [3.63, 3.8) is 0 Å². The summed E-state index contributed by atoms with van der Waals surface area (Å²) in [6.07, 6.45) is 0.772. The van der Waals surface area contributed by atoms with Crippen molar-refractivity contribution in [2.75, 3.05) is 24.7 Å². The lowest BCUT2D eigenvalue weighted by atomic mass is 10.3. The maximum Gasteiger partial charge on any atom is 0.240 e. The van der Waals surface area contributed by atoms with E-state index in [4.69, 9.17) is 10.5 Å². The molecule has 0 radical (unpaired) electrons. The van der Waals surface area contributed by atoms with E-state index in [9.17, 15) is 8.42 Å². The zero-order valence-corrected chi connectivity index (χ0v) is 14.2. The van der Waals surface area contributed by atoms with Gasteiger partial charge in [-0.3, -0.25) is 0 Å². The van der Waals surface area contributed by atoms with Gasteiger partial charge in [-0.25, -0.2) is 13.1 Å². The molecule has 1 aromatic rings. The second-order valence-electron chi connectivity index (χ2n) is 4.64. The zero-order chi connectivity index (χ0) is 15.7. The molecule has 1 rings (SSSR count). The highest BCUT2D eigenvalue weighted by Crippen LogP contribution is 2.16. The number of nitrogens with one attached hydrogen (secondary N) is 1. The molecule has 0 heterocycles. The van der Waals surface area contributed by atoms with E-state index in [-0.39, 0.29) is 10.9 Å². The average Bonchev–Trinajstić information content (AvgIpc) is 2.45. The predicted octanol–water partition coefficient (Wildman–Crippen LogP) is 1.83. The Morgan fingerprint density at radius 3 is 2.57 bits per heavy atom. The monoisotopic (exact) mass is 332 g/mol. The molecule has 0 bridgehead atoms. The first kappa shape index (κ1) is 18.3. The van der Waals surface area contributed by atoms with Crippen LogP contribution in [0.3, 0.4) is 0 Å². The Hall–Kier alpha value is -0.760. The quantitative estimate of drug-likeness (QED) is 0.639. The highest BCUT2D eigenvalue weighted by molar-refractivity contribution is 7.99. The summed E-state index contributed by atoms with van der Waals surface area (Å²) in [6, 6.07) is 6.34. The lowest BCUT2D eigenvalue weighted by Crippen LogP contribution is -2.34. The maximum atomic E-state index is 12.2. The first-order valence-electron chi connectivity index (χ1n) is 7.02. The van der Waals surface area contributed by atoms with Crippen molar-refractivity contribution in [1.82, 2.24) is 4.72 Å². The van der Waals surface area contributed by atoms with Gasteiger partial charge < -0.3 is 10.5 Å². The molecule has 7 heteroatoms. The number of hydrogen-bond donors (Lipinski definition) is 2. The van der Waals surface area contributed by atoms with Gasteiger partial charge in [-0.2, -0.15) is 11.8 Å². The van der Waals surface area contributed by atoms with E-state index in [1.165, 1.54) is 0 Å². The summed E-state index contributed by atoms with van der Waals surface area (Å²) in [4.78, 5) is 0.252.